The molecule has 4 heteroatoms. The number of nitrogens with zero attached hydrogens (tertiary/aromatic N) is 1. The fraction of sp³-hybridized carbons (Fsp3) is 0.250. The molecule has 0 radical (unpaired) electrons. The van der Waals surface area contributed by atoms with E-state index in [1.165, 1.54) is 28.4 Å². The smallest absolute Gasteiger partial charge is 0.297 e. The average Bonchev–Trinajstić information content (AvgIpc) is 2.57. The van der Waals surface area contributed by atoms with Crippen LogP contribution in [-0.4, -0.2) is 16.8 Å². The molecule has 0 bridgehead atoms. The fourth-order valence-electron chi connectivity index (χ4n) is 2.98. The van der Waals surface area contributed by atoms with Crippen molar-refractivity contribution in [2.75, 3.05) is 7.11 Å². The van der Waals surface area contributed by atoms with Gasteiger partial charge in [0.1, 0.15) is 0 Å². The van der Waals surface area contributed by atoms with Gasteiger partial charge in [0.15, 0.2) is 5.75 Å². The molecule has 1 heterocycles. The molecule has 2 aromatic carbocycles. The van der Waals surface area contributed by atoms with Crippen molar-refractivity contribution in [3.8, 4) is 11.5 Å². The van der Waals surface area contributed by atoms with Gasteiger partial charge in [-0.3, -0.25) is 4.79 Å². The van der Waals surface area contributed by atoms with Crippen LogP contribution in [0.15, 0.2) is 41.2 Å². The molecule has 1 N–H and O–H groups in total. The maximum Gasteiger partial charge on any atom is 0.297 e. The van der Waals surface area contributed by atoms with E-state index in [0.717, 1.165) is 12.0 Å². The minimum absolute atomic E-state index is 0.0214. The summed E-state index contributed by atoms with van der Waals surface area (Å²) >= 11 is 0. The van der Waals surface area contributed by atoms with Crippen molar-refractivity contribution in [1.29, 1.82) is 0 Å². The van der Waals surface area contributed by atoms with Gasteiger partial charge in [-0.15, -0.1) is 0 Å². The van der Waals surface area contributed by atoms with Crippen LogP contribution in [0.25, 0.3) is 10.9 Å². The minimum Gasteiger partial charge on any atom is -0.504 e. The lowest BCUT2D eigenvalue weighted by Crippen LogP contribution is -2.19. The number of rotatable bonds is 3. The summed E-state index contributed by atoms with van der Waals surface area (Å²) in [5, 5.41) is 10.9. The van der Waals surface area contributed by atoms with E-state index in [4.69, 9.17) is 4.74 Å². The van der Waals surface area contributed by atoms with Crippen molar-refractivity contribution < 1.29 is 9.84 Å². The van der Waals surface area contributed by atoms with Gasteiger partial charge in [0.05, 0.1) is 12.6 Å². The summed E-state index contributed by atoms with van der Waals surface area (Å²) in [4.78, 5) is 12.3. The first-order valence-electron chi connectivity index (χ1n) is 7.87. The molecule has 0 atom stereocenters. The Labute approximate surface area is 140 Å². The van der Waals surface area contributed by atoms with Crippen LogP contribution in [0.3, 0.4) is 0 Å². The van der Waals surface area contributed by atoms with Gasteiger partial charge in [0.25, 0.3) is 5.56 Å². The first-order valence-corrected chi connectivity index (χ1v) is 7.87. The molecule has 0 saturated carbocycles. The van der Waals surface area contributed by atoms with E-state index >= 15 is 0 Å². The Bertz CT molecular complexity index is 986. The second kappa shape index (κ2) is 6.04. The zero-order valence-corrected chi connectivity index (χ0v) is 14.4. The normalized spacial score (nSPS) is 11.0. The molecule has 0 amide bonds. The molecule has 3 rings (SSSR count). The van der Waals surface area contributed by atoms with E-state index in [2.05, 4.69) is 32.0 Å². The Morgan fingerprint density at radius 1 is 1.04 bits per heavy atom. The second-order valence-corrected chi connectivity index (χ2v) is 6.19. The Balaban J connectivity index is 2.10. The van der Waals surface area contributed by atoms with Gasteiger partial charge in [-0.1, -0.05) is 24.3 Å². The molecular weight excluding hydrogens is 302 g/mol. The van der Waals surface area contributed by atoms with Crippen LogP contribution < -0.4 is 10.3 Å². The maximum absolute atomic E-state index is 12.3. The molecule has 24 heavy (non-hydrogen) atoms. The molecule has 0 fully saturated rings. The van der Waals surface area contributed by atoms with Crippen molar-refractivity contribution in [3.63, 3.8) is 0 Å². The second-order valence-electron chi connectivity index (χ2n) is 6.19. The quantitative estimate of drug-likeness (QED) is 0.803. The summed E-state index contributed by atoms with van der Waals surface area (Å²) in [6.45, 7) is 4.20. The van der Waals surface area contributed by atoms with Crippen LogP contribution in [0.5, 0.6) is 11.5 Å². The van der Waals surface area contributed by atoms with Crippen molar-refractivity contribution in [2.45, 2.75) is 20.3 Å². The zero-order chi connectivity index (χ0) is 17.4. The fourth-order valence-corrected chi connectivity index (χ4v) is 2.98. The van der Waals surface area contributed by atoms with E-state index < -0.39 is 0 Å². The number of fused-ring (bicyclic) bond motifs is 1. The molecule has 0 spiro atoms. The number of pyridine rings is 1. The van der Waals surface area contributed by atoms with E-state index in [-0.39, 0.29) is 17.1 Å². The van der Waals surface area contributed by atoms with E-state index in [1.54, 1.807) is 7.05 Å². The van der Waals surface area contributed by atoms with E-state index in [0.29, 0.717) is 10.9 Å². The molecule has 1 aromatic heterocycles. The number of benzene rings is 2. The minimum atomic E-state index is -0.342. The lowest BCUT2D eigenvalue weighted by molar-refractivity contribution is 0.368. The highest BCUT2D eigenvalue weighted by atomic mass is 16.5. The Kier molecular flexibility index (Phi) is 4.06. The Morgan fingerprint density at radius 2 is 1.71 bits per heavy atom. The molecule has 3 aromatic rings. The van der Waals surface area contributed by atoms with Crippen molar-refractivity contribution in [1.82, 2.24) is 4.57 Å². The SMILES string of the molecule is COc1c(O)c2ccc(Cc3ccc(C)c(C)c3)cc2n(C)c1=O. The lowest BCUT2D eigenvalue weighted by atomic mass is 9.99. The highest BCUT2D eigenvalue weighted by Crippen LogP contribution is 2.31. The molecule has 0 aliphatic carbocycles. The van der Waals surface area contributed by atoms with Gasteiger partial charge in [0, 0.05) is 12.4 Å². The molecule has 0 aliphatic rings. The van der Waals surface area contributed by atoms with Gasteiger partial charge in [0.2, 0.25) is 5.75 Å². The number of aromatic hydroxyl groups is 1. The van der Waals surface area contributed by atoms with Crippen LogP contribution in [0.4, 0.5) is 0 Å². The molecular formula is C20H21NO3. The molecule has 0 unspecified atom stereocenters. The summed E-state index contributed by atoms with van der Waals surface area (Å²) in [7, 11) is 3.07. The highest BCUT2D eigenvalue weighted by molar-refractivity contribution is 5.88. The Morgan fingerprint density at radius 3 is 2.38 bits per heavy atom. The first-order chi connectivity index (χ1) is 11.4. The topological polar surface area (TPSA) is 51.5 Å². The number of methoxy groups -OCH3 is 1. The summed E-state index contributed by atoms with van der Waals surface area (Å²) in [5.74, 6) is -0.125. The number of aromatic nitrogens is 1. The third-order valence-corrected chi connectivity index (χ3v) is 4.58. The van der Waals surface area contributed by atoms with Crippen LogP contribution in [-0.2, 0) is 13.5 Å². The number of ether oxygens (including phenoxy) is 1. The van der Waals surface area contributed by atoms with Crippen molar-refractivity contribution in [2.24, 2.45) is 7.05 Å². The van der Waals surface area contributed by atoms with Gasteiger partial charge in [-0.05, 0) is 54.7 Å². The van der Waals surface area contributed by atoms with Gasteiger partial charge in [-0.25, -0.2) is 0 Å². The monoisotopic (exact) mass is 323 g/mol. The van der Waals surface area contributed by atoms with Crippen LogP contribution in [0.1, 0.15) is 22.3 Å². The highest BCUT2D eigenvalue weighted by Gasteiger charge is 2.15. The third-order valence-electron chi connectivity index (χ3n) is 4.58. The largest absolute Gasteiger partial charge is 0.504 e. The zero-order valence-electron chi connectivity index (χ0n) is 14.4. The standard InChI is InChI=1S/C20H21NO3/c1-12-5-6-14(9-13(12)2)10-15-7-8-16-17(11-15)21(3)20(23)19(24-4)18(16)22/h5-9,11,22H,10H2,1-4H3. The Hall–Kier alpha value is -2.75. The summed E-state index contributed by atoms with van der Waals surface area (Å²) < 4.78 is 6.54. The molecule has 124 valence electrons. The predicted molar refractivity (Wildman–Crippen MR) is 96.1 cm³/mol. The number of aryl methyl sites for hydroxylation is 3. The van der Waals surface area contributed by atoms with Crippen molar-refractivity contribution in [3.05, 3.63) is 69.0 Å². The van der Waals surface area contributed by atoms with Crippen LogP contribution >= 0.6 is 0 Å². The van der Waals surface area contributed by atoms with E-state index in [1.807, 2.05) is 18.2 Å². The molecule has 0 saturated heterocycles. The molecule has 0 aliphatic heterocycles. The van der Waals surface area contributed by atoms with Crippen LogP contribution in [0, 0.1) is 13.8 Å². The third kappa shape index (κ3) is 2.64. The first kappa shape index (κ1) is 16.1. The average molecular weight is 323 g/mol. The number of hydrogen-bond donors (Lipinski definition) is 1. The predicted octanol–water partition coefficient (Wildman–Crippen LogP) is 3.46. The summed E-state index contributed by atoms with van der Waals surface area (Å²) in [5.41, 5.74) is 5.20. The summed E-state index contributed by atoms with van der Waals surface area (Å²) in [6.07, 6.45) is 0.776. The van der Waals surface area contributed by atoms with Gasteiger partial charge < -0.3 is 14.4 Å². The van der Waals surface area contributed by atoms with E-state index in [9.17, 15) is 9.90 Å². The lowest BCUT2D eigenvalue weighted by Gasteiger charge is -2.12. The maximum atomic E-state index is 12.3. The number of hydrogen-bond acceptors (Lipinski definition) is 3. The van der Waals surface area contributed by atoms with Crippen molar-refractivity contribution >= 4 is 10.9 Å². The molecule has 4 nitrogen and oxygen atoms in total. The van der Waals surface area contributed by atoms with Gasteiger partial charge >= 0.3 is 0 Å². The van der Waals surface area contributed by atoms with Gasteiger partial charge in [-0.2, -0.15) is 0 Å². The van der Waals surface area contributed by atoms with Crippen LogP contribution in [0.2, 0.25) is 0 Å². The summed E-state index contributed by atoms with van der Waals surface area (Å²) in [6, 6.07) is 12.2.